The molecule has 7 nitrogen and oxygen atoms in total. The van der Waals surface area contributed by atoms with Gasteiger partial charge in [-0.25, -0.2) is 4.39 Å². The van der Waals surface area contributed by atoms with Crippen LogP contribution in [0.15, 0.2) is 71.3 Å². The fraction of sp³-hybridized carbons (Fsp3) is 0.0870. The van der Waals surface area contributed by atoms with E-state index in [9.17, 15) is 9.18 Å². The Labute approximate surface area is 176 Å². The van der Waals surface area contributed by atoms with Gasteiger partial charge >= 0.3 is 0 Å². The molecule has 154 valence electrons. The SMILES string of the molecule is O=C(NCc1ccc2c(c1)OCO2)c1cccc(-c2nc(-c3cccc(F)c3)no2)c1. The van der Waals surface area contributed by atoms with Gasteiger partial charge in [0, 0.05) is 23.2 Å². The van der Waals surface area contributed by atoms with Crippen LogP contribution in [0.4, 0.5) is 4.39 Å². The Balaban J connectivity index is 1.30. The molecular formula is C23H16FN3O4. The Bertz CT molecular complexity index is 1270. The number of hydrogen-bond acceptors (Lipinski definition) is 6. The van der Waals surface area contributed by atoms with Gasteiger partial charge in [-0.05, 0) is 48.0 Å². The van der Waals surface area contributed by atoms with Crippen molar-refractivity contribution in [3.05, 3.63) is 83.7 Å². The monoisotopic (exact) mass is 417 g/mol. The molecule has 31 heavy (non-hydrogen) atoms. The zero-order valence-electron chi connectivity index (χ0n) is 16.2. The van der Waals surface area contributed by atoms with E-state index in [1.54, 1.807) is 36.4 Å². The Morgan fingerprint density at radius 1 is 0.968 bits per heavy atom. The van der Waals surface area contributed by atoms with Crippen LogP contribution >= 0.6 is 0 Å². The average Bonchev–Trinajstić information content (AvgIpc) is 3.47. The highest BCUT2D eigenvalue weighted by Gasteiger charge is 2.15. The van der Waals surface area contributed by atoms with Crippen molar-refractivity contribution in [2.45, 2.75) is 6.54 Å². The van der Waals surface area contributed by atoms with Crippen molar-refractivity contribution in [1.29, 1.82) is 0 Å². The average molecular weight is 417 g/mol. The van der Waals surface area contributed by atoms with Crippen LogP contribution in [0.2, 0.25) is 0 Å². The third-order valence-corrected chi connectivity index (χ3v) is 4.77. The minimum Gasteiger partial charge on any atom is -0.454 e. The third-order valence-electron chi connectivity index (χ3n) is 4.77. The molecule has 5 rings (SSSR count). The normalized spacial score (nSPS) is 12.0. The predicted molar refractivity (Wildman–Crippen MR) is 109 cm³/mol. The van der Waals surface area contributed by atoms with Crippen LogP contribution in [0.1, 0.15) is 15.9 Å². The summed E-state index contributed by atoms with van der Waals surface area (Å²) in [6.45, 7) is 0.540. The number of nitrogens with one attached hydrogen (secondary N) is 1. The summed E-state index contributed by atoms with van der Waals surface area (Å²) < 4.78 is 29.4. The van der Waals surface area contributed by atoms with Crippen molar-refractivity contribution in [1.82, 2.24) is 15.5 Å². The van der Waals surface area contributed by atoms with Gasteiger partial charge in [-0.2, -0.15) is 4.98 Å². The molecule has 0 unspecified atom stereocenters. The number of ether oxygens (including phenoxy) is 2. The van der Waals surface area contributed by atoms with Gasteiger partial charge in [0.1, 0.15) is 5.82 Å². The van der Waals surface area contributed by atoms with Crippen molar-refractivity contribution in [2.75, 3.05) is 6.79 Å². The zero-order chi connectivity index (χ0) is 21.2. The van der Waals surface area contributed by atoms with Gasteiger partial charge in [-0.1, -0.05) is 29.4 Å². The maximum absolute atomic E-state index is 13.4. The van der Waals surface area contributed by atoms with Crippen LogP contribution in [-0.2, 0) is 6.54 Å². The van der Waals surface area contributed by atoms with Crippen LogP contribution < -0.4 is 14.8 Å². The first-order valence-electron chi connectivity index (χ1n) is 9.52. The van der Waals surface area contributed by atoms with Gasteiger partial charge in [-0.3, -0.25) is 4.79 Å². The lowest BCUT2D eigenvalue weighted by atomic mass is 10.1. The second kappa shape index (κ2) is 7.91. The topological polar surface area (TPSA) is 86.5 Å². The van der Waals surface area contributed by atoms with E-state index in [2.05, 4.69) is 15.5 Å². The molecule has 1 amide bonds. The lowest BCUT2D eigenvalue weighted by Gasteiger charge is -2.07. The molecule has 4 aromatic rings. The smallest absolute Gasteiger partial charge is 0.258 e. The molecular weight excluding hydrogens is 401 g/mol. The molecule has 0 spiro atoms. The van der Waals surface area contributed by atoms with Gasteiger partial charge in [0.05, 0.1) is 0 Å². The third kappa shape index (κ3) is 3.95. The van der Waals surface area contributed by atoms with E-state index in [4.69, 9.17) is 14.0 Å². The second-order valence-electron chi connectivity index (χ2n) is 6.88. The molecule has 0 aliphatic carbocycles. The number of carbonyl (C=O) groups excluding carboxylic acids is 1. The molecule has 0 saturated carbocycles. The summed E-state index contributed by atoms with van der Waals surface area (Å²) in [5.41, 5.74) is 2.44. The van der Waals surface area contributed by atoms with Crippen molar-refractivity contribution in [3.63, 3.8) is 0 Å². The first kappa shape index (κ1) is 18.8. The largest absolute Gasteiger partial charge is 0.454 e. The molecule has 0 saturated heterocycles. The summed E-state index contributed by atoms with van der Waals surface area (Å²) in [5.74, 6) is 1.24. The second-order valence-corrected chi connectivity index (χ2v) is 6.88. The molecule has 0 bridgehead atoms. The fourth-order valence-electron chi connectivity index (χ4n) is 3.21. The molecule has 0 fully saturated rings. The molecule has 0 atom stereocenters. The van der Waals surface area contributed by atoms with E-state index in [-0.39, 0.29) is 30.2 Å². The van der Waals surface area contributed by atoms with E-state index in [1.807, 2.05) is 18.2 Å². The first-order chi connectivity index (χ1) is 15.2. The lowest BCUT2D eigenvalue weighted by molar-refractivity contribution is 0.0951. The number of aromatic nitrogens is 2. The van der Waals surface area contributed by atoms with Gasteiger partial charge in [0.2, 0.25) is 12.6 Å². The van der Waals surface area contributed by atoms with E-state index < -0.39 is 0 Å². The maximum atomic E-state index is 13.4. The molecule has 1 aliphatic heterocycles. The highest BCUT2D eigenvalue weighted by molar-refractivity contribution is 5.95. The quantitative estimate of drug-likeness (QED) is 0.524. The zero-order valence-corrected chi connectivity index (χ0v) is 16.2. The van der Waals surface area contributed by atoms with Crippen LogP contribution in [0.3, 0.4) is 0 Å². The van der Waals surface area contributed by atoms with Crippen molar-refractivity contribution in [2.24, 2.45) is 0 Å². The minimum absolute atomic E-state index is 0.203. The summed E-state index contributed by atoms with van der Waals surface area (Å²) in [4.78, 5) is 16.9. The number of fused-ring (bicyclic) bond motifs is 1. The van der Waals surface area contributed by atoms with Crippen LogP contribution in [0.25, 0.3) is 22.8 Å². The molecule has 3 aromatic carbocycles. The number of benzene rings is 3. The summed E-state index contributed by atoms with van der Waals surface area (Å²) in [6.07, 6.45) is 0. The van der Waals surface area contributed by atoms with Gasteiger partial charge in [-0.15, -0.1) is 0 Å². The van der Waals surface area contributed by atoms with E-state index in [1.165, 1.54) is 12.1 Å². The number of carbonyl (C=O) groups is 1. The summed E-state index contributed by atoms with van der Waals surface area (Å²) in [6, 6.07) is 18.3. The van der Waals surface area contributed by atoms with E-state index in [0.29, 0.717) is 34.7 Å². The van der Waals surface area contributed by atoms with Gasteiger partial charge in [0.25, 0.3) is 11.8 Å². The molecule has 2 heterocycles. The minimum atomic E-state index is -0.384. The van der Waals surface area contributed by atoms with Gasteiger partial charge < -0.3 is 19.3 Å². The Morgan fingerprint density at radius 3 is 2.71 bits per heavy atom. The molecule has 1 aliphatic rings. The van der Waals surface area contributed by atoms with E-state index >= 15 is 0 Å². The first-order valence-corrected chi connectivity index (χ1v) is 9.52. The highest BCUT2D eigenvalue weighted by atomic mass is 19.1. The van der Waals surface area contributed by atoms with Crippen molar-refractivity contribution < 1.29 is 23.2 Å². The standard InChI is InChI=1S/C23H16FN3O4/c24-18-6-2-3-15(11-18)21-26-23(31-27-21)17-5-1-4-16(10-17)22(28)25-12-14-7-8-19-20(9-14)30-13-29-19/h1-11H,12-13H2,(H,25,28). The van der Waals surface area contributed by atoms with Crippen LogP contribution in [0.5, 0.6) is 11.5 Å². The highest BCUT2D eigenvalue weighted by Crippen LogP contribution is 2.32. The number of nitrogens with zero attached hydrogens (tertiary/aromatic N) is 2. The van der Waals surface area contributed by atoms with Gasteiger partial charge in [0.15, 0.2) is 11.5 Å². The van der Waals surface area contributed by atoms with Crippen molar-refractivity contribution >= 4 is 5.91 Å². The summed E-state index contributed by atoms with van der Waals surface area (Å²) in [7, 11) is 0. The fourth-order valence-corrected chi connectivity index (χ4v) is 3.21. The van der Waals surface area contributed by atoms with Crippen LogP contribution in [0, 0.1) is 5.82 Å². The Kier molecular flexibility index (Phi) is 4.80. The number of amides is 1. The number of halogens is 1. The molecule has 1 N–H and O–H groups in total. The number of rotatable bonds is 5. The Hall–Kier alpha value is -4.20. The molecule has 0 radical (unpaired) electrons. The summed E-state index contributed by atoms with van der Waals surface area (Å²) >= 11 is 0. The summed E-state index contributed by atoms with van der Waals surface area (Å²) in [5, 5.41) is 6.79. The van der Waals surface area contributed by atoms with Crippen molar-refractivity contribution in [3.8, 4) is 34.3 Å². The Morgan fingerprint density at radius 2 is 1.81 bits per heavy atom. The van der Waals surface area contributed by atoms with Crippen LogP contribution in [-0.4, -0.2) is 22.8 Å². The number of hydrogen-bond donors (Lipinski definition) is 1. The molecule has 1 aromatic heterocycles. The molecule has 8 heteroatoms. The maximum Gasteiger partial charge on any atom is 0.258 e. The lowest BCUT2D eigenvalue weighted by Crippen LogP contribution is -2.22. The van der Waals surface area contributed by atoms with E-state index in [0.717, 1.165) is 5.56 Å². The predicted octanol–water partition coefficient (Wildman–Crippen LogP) is 4.20.